The molecule has 3 aliphatic carbocycles. The van der Waals surface area contributed by atoms with Crippen LogP contribution >= 0.6 is 0 Å². The number of fused-ring (bicyclic) bond motifs is 1. The van der Waals surface area contributed by atoms with Crippen molar-refractivity contribution in [1.29, 1.82) is 0 Å². The van der Waals surface area contributed by atoms with Crippen LogP contribution in [0.3, 0.4) is 0 Å². The lowest BCUT2D eigenvalue weighted by Crippen LogP contribution is -2.39. The van der Waals surface area contributed by atoms with Crippen molar-refractivity contribution in [3.8, 4) is 0 Å². The fraction of sp³-hybridized carbons (Fsp3) is 0.842. The molecule has 222 valence electrons. The maximum absolute atomic E-state index is 5.90. The van der Waals surface area contributed by atoms with E-state index in [0.29, 0.717) is 5.41 Å². The predicted octanol–water partition coefficient (Wildman–Crippen LogP) is 11.3. The highest BCUT2D eigenvalue weighted by atomic mass is 16.5. The Bertz CT molecular complexity index is 881. The summed E-state index contributed by atoms with van der Waals surface area (Å²) in [7, 11) is 0. The Morgan fingerprint density at radius 2 is 1.44 bits per heavy atom. The molecule has 7 atom stereocenters. The number of hydrogen-bond donors (Lipinski definition) is 0. The van der Waals surface area contributed by atoms with Crippen LogP contribution in [-0.2, 0) is 10.2 Å². The van der Waals surface area contributed by atoms with Crippen LogP contribution in [0, 0.1) is 40.9 Å². The number of rotatable bonds is 10. The highest BCUT2D eigenvalue weighted by Crippen LogP contribution is 2.62. The summed E-state index contributed by atoms with van der Waals surface area (Å²) in [6.07, 6.45) is 17.1. The molecule has 7 unspecified atom stereocenters. The molecule has 3 saturated carbocycles. The Kier molecular flexibility index (Phi) is 10.0. The number of benzene rings is 1. The van der Waals surface area contributed by atoms with Crippen molar-refractivity contribution in [1.82, 2.24) is 0 Å². The largest absolute Gasteiger partial charge is 0.376 e. The molecule has 3 fully saturated rings. The smallest absolute Gasteiger partial charge is 0.0598 e. The fourth-order valence-electron chi connectivity index (χ4n) is 9.56. The molecule has 3 aliphatic rings. The Labute approximate surface area is 243 Å². The van der Waals surface area contributed by atoms with Crippen molar-refractivity contribution in [3.05, 3.63) is 35.4 Å². The summed E-state index contributed by atoms with van der Waals surface area (Å²) in [5.41, 5.74) is 3.84. The molecule has 0 bridgehead atoms. The zero-order valence-electron chi connectivity index (χ0n) is 27.5. The van der Waals surface area contributed by atoms with Gasteiger partial charge in [-0.05, 0) is 123 Å². The lowest BCUT2D eigenvalue weighted by Gasteiger charge is -2.46. The number of ether oxygens (including phenoxy) is 1. The minimum Gasteiger partial charge on any atom is -0.376 e. The van der Waals surface area contributed by atoms with Gasteiger partial charge in [0, 0.05) is 6.61 Å². The maximum Gasteiger partial charge on any atom is 0.0598 e. The van der Waals surface area contributed by atoms with Gasteiger partial charge in [0.2, 0.25) is 0 Å². The van der Waals surface area contributed by atoms with Gasteiger partial charge in [0.05, 0.1) is 5.60 Å². The normalized spacial score (nSPS) is 32.0. The van der Waals surface area contributed by atoms with Crippen LogP contribution in [-0.4, -0.2) is 12.2 Å². The molecule has 0 spiro atoms. The number of unbranched alkanes of at least 4 members (excludes halogenated alkanes) is 3. The van der Waals surface area contributed by atoms with Crippen LogP contribution in [0.4, 0.5) is 0 Å². The van der Waals surface area contributed by atoms with Crippen molar-refractivity contribution in [3.63, 3.8) is 0 Å². The van der Waals surface area contributed by atoms with Gasteiger partial charge in [0.1, 0.15) is 0 Å². The second-order valence-corrected chi connectivity index (χ2v) is 16.8. The van der Waals surface area contributed by atoms with Crippen molar-refractivity contribution in [2.75, 3.05) is 6.61 Å². The molecule has 1 aromatic rings. The third-order valence-corrected chi connectivity index (χ3v) is 11.5. The first kappa shape index (κ1) is 31.1. The van der Waals surface area contributed by atoms with E-state index in [4.69, 9.17) is 4.74 Å². The van der Waals surface area contributed by atoms with E-state index in [0.717, 1.165) is 48.0 Å². The van der Waals surface area contributed by atoms with Gasteiger partial charge < -0.3 is 4.74 Å². The molecule has 0 amide bonds. The highest BCUT2D eigenvalue weighted by Gasteiger charge is 2.54. The minimum atomic E-state index is 0.0126. The predicted molar refractivity (Wildman–Crippen MR) is 169 cm³/mol. The van der Waals surface area contributed by atoms with E-state index < -0.39 is 0 Å². The Balaban J connectivity index is 1.30. The highest BCUT2D eigenvalue weighted by molar-refractivity contribution is 5.30. The molecular formula is C38H64O. The molecule has 0 N–H and O–H groups in total. The van der Waals surface area contributed by atoms with Gasteiger partial charge in [-0.3, -0.25) is 0 Å². The third-order valence-electron chi connectivity index (χ3n) is 11.5. The molecule has 1 heteroatoms. The van der Waals surface area contributed by atoms with E-state index in [1.165, 1.54) is 82.6 Å². The van der Waals surface area contributed by atoms with Crippen LogP contribution in [0.5, 0.6) is 0 Å². The zero-order chi connectivity index (χ0) is 28.4. The Morgan fingerprint density at radius 1 is 0.744 bits per heavy atom. The van der Waals surface area contributed by atoms with Crippen LogP contribution in [0.25, 0.3) is 0 Å². The number of hydrogen-bond acceptors (Lipinski definition) is 1. The van der Waals surface area contributed by atoms with Crippen molar-refractivity contribution in [2.24, 2.45) is 40.9 Å². The Hall–Kier alpha value is -0.820. The van der Waals surface area contributed by atoms with E-state index in [1.807, 2.05) is 0 Å². The standard InChI is InChI=1S/C38H64O/c1-27-25-34-32(29-19-22-30(23-20-29)36(2,3)4)16-14-17-33(34)35(27)38(8,9)31-21-18-28(26-31)15-12-10-11-13-24-39-37(5,6)7/h19-20,22-23,27-28,31-35H,10-18,21,24-26H2,1-9H3. The molecule has 0 heterocycles. The SMILES string of the molecule is CC1CC2C(c3ccc(C(C)(C)C)cc3)CCCC2C1C(C)(C)C1CCC(CCCCCCOC(C)(C)C)C1. The molecular weight excluding hydrogens is 472 g/mol. The summed E-state index contributed by atoms with van der Waals surface area (Å²) in [5, 5.41) is 0. The fourth-order valence-corrected chi connectivity index (χ4v) is 9.56. The van der Waals surface area contributed by atoms with E-state index in [2.05, 4.69) is 86.6 Å². The van der Waals surface area contributed by atoms with Crippen molar-refractivity contribution < 1.29 is 4.74 Å². The van der Waals surface area contributed by atoms with Gasteiger partial charge in [0.25, 0.3) is 0 Å². The molecule has 4 rings (SSSR count). The summed E-state index contributed by atoms with van der Waals surface area (Å²) in [6, 6.07) is 9.85. The topological polar surface area (TPSA) is 9.23 Å². The molecule has 0 aliphatic heterocycles. The first-order valence-corrected chi connectivity index (χ1v) is 17.0. The van der Waals surface area contributed by atoms with E-state index in [9.17, 15) is 0 Å². The van der Waals surface area contributed by atoms with Crippen LogP contribution in [0.2, 0.25) is 0 Å². The zero-order valence-corrected chi connectivity index (χ0v) is 27.5. The molecule has 0 radical (unpaired) electrons. The molecule has 39 heavy (non-hydrogen) atoms. The first-order chi connectivity index (χ1) is 18.3. The lowest BCUT2D eigenvalue weighted by atomic mass is 9.59. The summed E-state index contributed by atoms with van der Waals surface area (Å²) in [6.45, 7) is 22.4. The second kappa shape index (κ2) is 12.6. The molecule has 0 saturated heterocycles. The van der Waals surface area contributed by atoms with E-state index >= 15 is 0 Å². The van der Waals surface area contributed by atoms with Crippen molar-refractivity contribution in [2.45, 2.75) is 156 Å². The summed E-state index contributed by atoms with van der Waals surface area (Å²) in [4.78, 5) is 0. The quantitative estimate of drug-likeness (QED) is 0.270. The van der Waals surface area contributed by atoms with Crippen LogP contribution in [0.1, 0.15) is 156 Å². The molecule has 1 aromatic carbocycles. The van der Waals surface area contributed by atoms with Gasteiger partial charge >= 0.3 is 0 Å². The lowest BCUT2D eigenvalue weighted by molar-refractivity contribution is -0.00477. The van der Waals surface area contributed by atoms with Gasteiger partial charge in [-0.1, -0.05) is 104 Å². The molecule has 0 aromatic heterocycles. The summed E-state index contributed by atoms with van der Waals surface area (Å²) >= 11 is 0. The summed E-state index contributed by atoms with van der Waals surface area (Å²) in [5.74, 6) is 6.31. The summed E-state index contributed by atoms with van der Waals surface area (Å²) < 4.78 is 5.90. The van der Waals surface area contributed by atoms with E-state index in [-0.39, 0.29) is 11.0 Å². The minimum absolute atomic E-state index is 0.0126. The van der Waals surface area contributed by atoms with Crippen molar-refractivity contribution >= 4 is 0 Å². The average Bonchev–Trinajstić information content (AvgIpc) is 3.46. The van der Waals surface area contributed by atoms with Gasteiger partial charge in [-0.25, -0.2) is 0 Å². The van der Waals surface area contributed by atoms with Crippen LogP contribution in [0.15, 0.2) is 24.3 Å². The first-order valence-electron chi connectivity index (χ1n) is 17.0. The maximum atomic E-state index is 5.90. The van der Waals surface area contributed by atoms with Gasteiger partial charge in [-0.2, -0.15) is 0 Å². The van der Waals surface area contributed by atoms with Gasteiger partial charge in [0.15, 0.2) is 0 Å². The van der Waals surface area contributed by atoms with Gasteiger partial charge in [-0.15, -0.1) is 0 Å². The van der Waals surface area contributed by atoms with E-state index in [1.54, 1.807) is 5.56 Å². The average molecular weight is 537 g/mol. The second-order valence-electron chi connectivity index (χ2n) is 16.8. The monoisotopic (exact) mass is 536 g/mol. The van der Waals surface area contributed by atoms with Crippen LogP contribution < -0.4 is 0 Å². The Morgan fingerprint density at radius 3 is 2.10 bits per heavy atom. The molecule has 1 nitrogen and oxygen atoms in total. The third kappa shape index (κ3) is 7.72.